The Balaban J connectivity index is 1.19. The van der Waals surface area contributed by atoms with Gasteiger partial charge in [-0.1, -0.05) is 18.2 Å². The van der Waals surface area contributed by atoms with Crippen LogP contribution in [0.2, 0.25) is 0 Å². The summed E-state index contributed by atoms with van der Waals surface area (Å²) in [5.41, 5.74) is 0.728. The Morgan fingerprint density at radius 1 is 1.03 bits per heavy atom. The fourth-order valence-electron chi connectivity index (χ4n) is 6.03. The quantitative estimate of drug-likeness (QED) is 0.692. The maximum absolute atomic E-state index is 12.2. The van der Waals surface area contributed by atoms with Crippen LogP contribution in [-0.2, 0) is 14.3 Å². The highest BCUT2D eigenvalue weighted by molar-refractivity contribution is 5.96. The minimum Gasteiger partial charge on any atom is -0.454 e. The van der Waals surface area contributed by atoms with Gasteiger partial charge in [-0.3, -0.25) is 9.59 Å². The lowest BCUT2D eigenvalue weighted by atomic mass is 9.49. The molecular weight excluding hydrogens is 368 g/mol. The smallest absolute Gasteiger partial charge is 0.328 e. The van der Waals surface area contributed by atoms with Crippen LogP contribution in [0.15, 0.2) is 30.3 Å². The van der Waals surface area contributed by atoms with E-state index in [0.29, 0.717) is 12.1 Å². The van der Waals surface area contributed by atoms with Crippen LogP contribution in [0.25, 0.3) is 0 Å². The summed E-state index contributed by atoms with van der Waals surface area (Å²) in [5, 5.41) is 5.59. The van der Waals surface area contributed by atoms with Crippen molar-refractivity contribution in [2.75, 3.05) is 13.2 Å². The molecule has 6 nitrogen and oxygen atoms in total. The number of amides is 2. The molecule has 4 fully saturated rings. The first kappa shape index (κ1) is 19.9. The first-order valence-corrected chi connectivity index (χ1v) is 10.7. The molecule has 156 valence electrons. The molecule has 0 aromatic heterocycles. The molecule has 6 heteroatoms. The minimum atomic E-state index is -0.821. The summed E-state index contributed by atoms with van der Waals surface area (Å²) >= 11 is 0. The van der Waals surface area contributed by atoms with Gasteiger partial charge in [0, 0.05) is 12.1 Å². The number of hydrogen-bond donors (Lipinski definition) is 2. The molecule has 0 aliphatic heterocycles. The van der Waals surface area contributed by atoms with Gasteiger partial charge < -0.3 is 15.4 Å². The summed E-state index contributed by atoms with van der Waals surface area (Å²) in [5.74, 6) is 1.29. The third kappa shape index (κ3) is 4.62. The molecule has 0 heterocycles. The number of nitrogens with one attached hydrogen (secondary N) is 2. The molecule has 0 spiro atoms. The van der Waals surface area contributed by atoms with Gasteiger partial charge in [0.25, 0.3) is 11.8 Å². The van der Waals surface area contributed by atoms with Crippen molar-refractivity contribution in [1.29, 1.82) is 0 Å². The van der Waals surface area contributed by atoms with Crippen LogP contribution in [-0.4, -0.2) is 37.0 Å². The second-order valence-electron chi connectivity index (χ2n) is 9.36. The third-order valence-corrected chi connectivity index (χ3v) is 6.91. The van der Waals surface area contributed by atoms with Crippen LogP contribution < -0.4 is 10.6 Å². The van der Waals surface area contributed by atoms with Gasteiger partial charge >= 0.3 is 5.97 Å². The predicted molar refractivity (Wildman–Crippen MR) is 108 cm³/mol. The standard InChI is InChI=1S/C23H30N2O4/c1-15(25-21(27)19-5-3-2-4-6-19)22(28)29-13-20(26)24-14-23-10-16-7-17(11-23)9-18(8-16)12-23/h2-6,15-18H,7-14H2,1H3,(H,24,26)(H,25,27)/t15-,16?,17?,18?,23?/m0/s1. The Labute approximate surface area is 171 Å². The minimum absolute atomic E-state index is 0.255. The molecule has 5 rings (SSSR count). The van der Waals surface area contributed by atoms with Gasteiger partial charge in [-0.05, 0) is 80.8 Å². The monoisotopic (exact) mass is 398 g/mol. The molecule has 2 amide bonds. The number of esters is 1. The summed E-state index contributed by atoms with van der Waals surface area (Å²) in [6.07, 6.45) is 7.79. The van der Waals surface area contributed by atoms with Gasteiger partial charge in [0.1, 0.15) is 6.04 Å². The van der Waals surface area contributed by atoms with E-state index in [1.54, 1.807) is 31.2 Å². The van der Waals surface area contributed by atoms with Gasteiger partial charge in [0.2, 0.25) is 0 Å². The SMILES string of the molecule is C[C@H](NC(=O)c1ccccc1)C(=O)OCC(=O)NCC12CC3CC(CC(C3)C1)C2. The first-order chi connectivity index (χ1) is 13.9. The third-order valence-electron chi connectivity index (χ3n) is 6.91. The second kappa shape index (κ2) is 8.17. The van der Waals surface area contributed by atoms with E-state index < -0.39 is 12.0 Å². The molecule has 1 aromatic carbocycles. The van der Waals surface area contributed by atoms with Crippen molar-refractivity contribution in [3.05, 3.63) is 35.9 Å². The highest BCUT2D eigenvalue weighted by Crippen LogP contribution is 2.59. The molecule has 29 heavy (non-hydrogen) atoms. The highest BCUT2D eigenvalue weighted by Gasteiger charge is 2.50. The normalized spacial score (nSPS) is 30.4. The van der Waals surface area contributed by atoms with E-state index >= 15 is 0 Å². The number of ether oxygens (including phenoxy) is 1. The molecule has 0 unspecified atom stereocenters. The van der Waals surface area contributed by atoms with Gasteiger partial charge in [-0.2, -0.15) is 0 Å². The maximum atomic E-state index is 12.2. The molecule has 4 aliphatic carbocycles. The van der Waals surface area contributed by atoms with E-state index in [4.69, 9.17) is 4.74 Å². The van der Waals surface area contributed by atoms with Gasteiger partial charge in [0.15, 0.2) is 6.61 Å². The van der Waals surface area contributed by atoms with Gasteiger partial charge in [-0.25, -0.2) is 4.79 Å². The van der Waals surface area contributed by atoms with Crippen molar-refractivity contribution in [3.8, 4) is 0 Å². The Morgan fingerprint density at radius 2 is 1.62 bits per heavy atom. The molecule has 0 saturated heterocycles. The Bertz CT molecular complexity index is 741. The van der Waals surface area contributed by atoms with Crippen LogP contribution in [0, 0.1) is 23.2 Å². The first-order valence-electron chi connectivity index (χ1n) is 10.7. The largest absolute Gasteiger partial charge is 0.454 e. The maximum Gasteiger partial charge on any atom is 0.328 e. The number of carbonyl (C=O) groups is 3. The number of carbonyl (C=O) groups excluding carboxylic acids is 3. The van der Waals surface area contributed by atoms with Gasteiger partial charge in [-0.15, -0.1) is 0 Å². The topological polar surface area (TPSA) is 84.5 Å². The Hall–Kier alpha value is -2.37. The van der Waals surface area contributed by atoms with Crippen molar-refractivity contribution < 1.29 is 19.1 Å². The average Bonchev–Trinajstić information content (AvgIpc) is 2.70. The fraction of sp³-hybridized carbons (Fsp3) is 0.609. The van der Waals surface area contributed by atoms with Crippen molar-refractivity contribution in [2.45, 2.75) is 51.5 Å². The number of hydrogen-bond acceptors (Lipinski definition) is 4. The highest BCUT2D eigenvalue weighted by atomic mass is 16.5. The van der Waals surface area contributed by atoms with E-state index in [-0.39, 0.29) is 23.8 Å². The molecule has 4 bridgehead atoms. The molecule has 2 N–H and O–H groups in total. The van der Waals surface area contributed by atoms with E-state index in [0.717, 1.165) is 17.8 Å². The summed E-state index contributed by atoms with van der Waals surface area (Å²) < 4.78 is 5.11. The molecule has 4 aliphatic rings. The van der Waals surface area contributed by atoms with E-state index in [1.807, 2.05) is 6.07 Å². The summed E-state index contributed by atoms with van der Waals surface area (Å²) in [7, 11) is 0. The Kier molecular flexibility index (Phi) is 5.61. The van der Waals surface area contributed by atoms with Crippen LogP contribution in [0.4, 0.5) is 0 Å². The fourth-order valence-corrected chi connectivity index (χ4v) is 6.03. The summed E-state index contributed by atoms with van der Waals surface area (Å²) in [6, 6.07) is 7.85. The molecule has 1 atom stereocenters. The van der Waals surface area contributed by atoms with E-state index in [9.17, 15) is 14.4 Å². The zero-order valence-corrected chi connectivity index (χ0v) is 17.0. The van der Waals surface area contributed by atoms with E-state index in [2.05, 4.69) is 10.6 Å². The number of benzene rings is 1. The van der Waals surface area contributed by atoms with Crippen molar-refractivity contribution in [1.82, 2.24) is 10.6 Å². The van der Waals surface area contributed by atoms with Crippen molar-refractivity contribution in [2.24, 2.45) is 23.2 Å². The summed E-state index contributed by atoms with van der Waals surface area (Å²) in [6.45, 7) is 1.93. The van der Waals surface area contributed by atoms with Crippen LogP contribution in [0.5, 0.6) is 0 Å². The van der Waals surface area contributed by atoms with Gasteiger partial charge in [0.05, 0.1) is 0 Å². The molecular formula is C23H30N2O4. The summed E-state index contributed by atoms with van der Waals surface area (Å²) in [4.78, 5) is 36.5. The van der Waals surface area contributed by atoms with Crippen molar-refractivity contribution in [3.63, 3.8) is 0 Å². The zero-order valence-electron chi connectivity index (χ0n) is 17.0. The lowest BCUT2D eigenvalue weighted by molar-refractivity contribution is -0.150. The number of rotatable bonds is 7. The Morgan fingerprint density at radius 3 is 2.21 bits per heavy atom. The predicted octanol–water partition coefficient (Wildman–Crippen LogP) is 2.68. The van der Waals surface area contributed by atoms with Crippen LogP contribution >= 0.6 is 0 Å². The molecule has 1 aromatic rings. The van der Waals surface area contributed by atoms with Crippen LogP contribution in [0.1, 0.15) is 55.8 Å². The average molecular weight is 399 g/mol. The van der Waals surface area contributed by atoms with E-state index in [1.165, 1.54) is 38.5 Å². The zero-order chi connectivity index (χ0) is 20.4. The lowest BCUT2D eigenvalue weighted by Crippen LogP contribution is -2.51. The second-order valence-corrected chi connectivity index (χ2v) is 9.36. The molecule has 0 radical (unpaired) electrons. The van der Waals surface area contributed by atoms with Crippen LogP contribution in [0.3, 0.4) is 0 Å². The molecule has 4 saturated carbocycles. The van der Waals surface area contributed by atoms with Crippen molar-refractivity contribution >= 4 is 17.8 Å². The lowest BCUT2D eigenvalue weighted by Gasteiger charge is -2.56.